The van der Waals surface area contributed by atoms with Gasteiger partial charge in [-0.3, -0.25) is 10.1 Å². The maximum Gasteiger partial charge on any atom is 0.257 e. The number of hydrogen-bond acceptors (Lipinski definition) is 5. The second-order valence-corrected chi connectivity index (χ2v) is 5.19. The Bertz CT molecular complexity index is 547. The van der Waals surface area contributed by atoms with Crippen molar-refractivity contribution in [1.29, 1.82) is 0 Å². The lowest BCUT2D eigenvalue weighted by Gasteiger charge is -2.06. The van der Waals surface area contributed by atoms with E-state index in [4.69, 9.17) is 5.73 Å². The molecule has 0 fully saturated rings. The fraction of sp³-hybridized carbons (Fsp3) is 0.250. The van der Waals surface area contributed by atoms with Crippen molar-refractivity contribution in [2.45, 2.75) is 19.8 Å². The van der Waals surface area contributed by atoms with Crippen LogP contribution in [-0.4, -0.2) is 16.1 Å². The van der Waals surface area contributed by atoms with Gasteiger partial charge in [0.05, 0.1) is 0 Å². The molecule has 3 N–H and O–H groups in total. The number of hydrogen-bond donors (Lipinski definition) is 2. The minimum Gasteiger partial charge on any atom is -0.374 e. The average molecular weight is 262 g/mol. The summed E-state index contributed by atoms with van der Waals surface area (Å²) in [4.78, 5) is 11.9. The van der Waals surface area contributed by atoms with E-state index in [1.807, 2.05) is 12.1 Å². The first-order valence-corrected chi connectivity index (χ1v) is 6.38. The maximum atomic E-state index is 11.9. The van der Waals surface area contributed by atoms with Crippen molar-refractivity contribution in [2.24, 2.45) is 0 Å². The second kappa shape index (κ2) is 5.14. The van der Waals surface area contributed by atoms with Crippen molar-refractivity contribution in [2.75, 3.05) is 11.1 Å². The molecule has 2 aromatic rings. The fourth-order valence-corrected chi connectivity index (χ4v) is 1.98. The van der Waals surface area contributed by atoms with E-state index in [1.165, 1.54) is 5.56 Å². The Morgan fingerprint density at radius 1 is 1.28 bits per heavy atom. The third kappa shape index (κ3) is 2.84. The van der Waals surface area contributed by atoms with Gasteiger partial charge in [-0.15, -0.1) is 10.2 Å². The number of nitrogens with one attached hydrogen (secondary N) is 1. The van der Waals surface area contributed by atoms with Crippen LogP contribution in [0.25, 0.3) is 0 Å². The van der Waals surface area contributed by atoms with Crippen molar-refractivity contribution in [3.63, 3.8) is 0 Å². The van der Waals surface area contributed by atoms with E-state index in [-0.39, 0.29) is 5.91 Å². The predicted molar refractivity (Wildman–Crippen MR) is 72.8 cm³/mol. The van der Waals surface area contributed by atoms with Crippen LogP contribution >= 0.6 is 11.3 Å². The first kappa shape index (κ1) is 12.5. The molecule has 0 saturated heterocycles. The summed E-state index contributed by atoms with van der Waals surface area (Å²) in [5.74, 6) is 0.242. The Hall–Kier alpha value is -1.95. The van der Waals surface area contributed by atoms with Gasteiger partial charge in [0.1, 0.15) is 0 Å². The van der Waals surface area contributed by atoms with Crippen LogP contribution < -0.4 is 11.1 Å². The molecule has 0 aliphatic rings. The van der Waals surface area contributed by atoms with Gasteiger partial charge in [-0.25, -0.2) is 0 Å². The first-order valence-electron chi connectivity index (χ1n) is 5.56. The topological polar surface area (TPSA) is 80.9 Å². The molecule has 1 aromatic heterocycles. The zero-order chi connectivity index (χ0) is 13.1. The molecule has 0 bridgehead atoms. The van der Waals surface area contributed by atoms with Crippen molar-refractivity contribution < 1.29 is 4.79 Å². The van der Waals surface area contributed by atoms with Crippen LogP contribution in [0.4, 0.5) is 10.3 Å². The Kier molecular flexibility index (Phi) is 3.57. The minimum absolute atomic E-state index is 0.207. The molecular weight excluding hydrogens is 248 g/mol. The number of nitrogens with zero attached hydrogens (tertiary/aromatic N) is 2. The second-order valence-electron chi connectivity index (χ2n) is 4.18. The Balaban J connectivity index is 2.09. The zero-order valence-corrected chi connectivity index (χ0v) is 11.0. The summed E-state index contributed by atoms with van der Waals surface area (Å²) in [7, 11) is 0. The van der Waals surface area contributed by atoms with Gasteiger partial charge in [-0.1, -0.05) is 37.3 Å². The number of aromatic nitrogens is 2. The lowest BCUT2D eigenvalue weighted by atomic mass is 10.0. The minimum atomic E-state index is -0.207. The number of benzene rings is 1. The molecule has 1 amide bonds. The number of nitrogens with two attached hydrogens (primary N) is 1. The standard InChI is InChI=1S/C12H14N4OS/c1-7(2)8-3-5-9(6-4-8)10(17)14-12-16-15-11(13)18-12/h3-7H,1-2H3,(H2,13,15)(H,14,16,17). The number of carbonyl (C=O) groups excluding carboxylic acids is 1. The quantitative estimate of drug-likeness (QED) is 0.890. The van der Waals surface area contributed by atoms with Crippen LogP contribution in [0.3, 0.4) is 0 Å². The van der Waals surface area contributed by atoms with Gasteiger partial charge < -0.3 is 5.73 Å². The third-order valence-electron chi connectivity index (χ3n) is 2.50. The molecule has 0 spiro atoms. The molecular formula is C12H14N4OS. The summed E-state index contributed by atoms with van der Waals surface area (Å²) in [5.41, 5.74) is 7.23. The highest BCUT2D eigenvalue weighted by Gasteiger charge is 2.09. The van der Waals surface area contributed by atoms with Crippen LogP contribution in [0.2, 0.25) is 0 Å². The lowest BCUT2D eigenvalue weighted by molar-refractivity contribution is 0.102. The molecule has 0 radical (unpaired) electrons. The summed E-state index contributed by atoms with van der Waals surface area (Å²) in [5, 5.41) is 10.8. The van der Waals surface area contributed by atoms with E-state index in [1.54, 1.807) is 12.1 Å². The number of carbonyl (C=O) groups is 1. The largest absolute Gasteiger partial charge is 0.374 e. The van der Waals surface area contributed by atoms with E-state index in [2.05, 4.69) is 29.4 Å². The van der Waals surface area contributed by atoms with E-state index >= 15 is 0 Å². The molecule has 6 heteroatoms. The molecule has 0 unspecified atom stereocenters. The first-order chi connectivity index (χ1) is 8.56. The summed E-state index contributed by atoms with van der Waals surface area (Å²) in [6, 6.07) is 7.51. The van der Waals surface area contributed by atoms with Gasteiger partial charge in [0.15, 0.2) is 0 Å². The van der Waals surface area contributed by atoms with E-state index in [9.17, 15) is 4.79 Å². The summed E-state index contributed by atoms with van der Waals surface area (Å²) >= 11 is 1.14. The zero-order valence-electron chi connectivity index (χ0n) is 10.2. The number of rotatable bonds is 3. The highest BCUT2D eigenvalue weighted by molar-refractivity contribution is 7.19. The normalized spacial score (nSPS) is 10.6. The van der Waals surface area contributed by atoms with E-state index < -0.39 is 0 Å². The van der Waals surface area contributed by atoms with Gasteiger partial charge in [0.25, 0.3) is 5.91 Å². The average Bonchev–Trinajstić information content (AvgIpc) is 2.75. The van der Waals surface area contributed by atoms with Crippen molar-refractivity contribution >= 4 is 27.5 Å². The molecule has 1 aromatic carbocycles. The van der Waals surface area contributed by atoms with Gasteiger partial charge >= 0.3 is 0 Å². The summed E-state index contributed by atoms with van der Waals surface area (Å²) in [6.45, 7) is 4.22. The van der Waals surface area contributed by atoms with Crippen molar-refractivity contribution in [1.82, 2.24) is 10.2 Å². The van der Waals surface area contributed by atoms with Crippen LogP contribution in [0.1, 0.15) is 35.7 Å². The summed E-state index contributed by atoms with van der Waals surface area (Å²) < 4.78 is 0. The van der Waals surface area contributed by atoms with Crippen molar-refractivity contribution in [3.05, 3.63) is 35.4 Å². The molecule has 0 aliphatic carbocycles. The van der Waals surface area contributed by atoms with Gasteiger partial charge in [-0.2, -0.15) is 0 Å². The number of amides is 1. The summed E-state index contributed by atoms with van der Waals surface area (Å²) in [6.07, 6.45) is 0. The number of nitrogen functional groups attached to an aromatic ring is 1. The highest BCUT2D eigenvalue weighted by Crippen LogP contribution is 2.18. The molecule has 0 aliphatic heterocycles. The number of anilines is 2. The molecule has 2 rings (SSSR count). The molecule has 0 atom stereocenters. The fourth-order valence-electron chi connectivity index (χ4n) is 1.47. The molecule has 5 nitrogen and oxygen atoms in total. The van der Waals surface area contributed by atoms with Gasteiger partial charge in [0, 0.05) is 5.56 Å². The van der Waals surface area contributed by atoms with Crippen LogP contribution in [-0.2, 0) is 0 Å². The SMILES string of the molecule is CC(C)c1ccc(C(=O)Nc2nnc(N)s2)cc1. The lowest BCUT2D eigenvalue weighted by Crippen LogP contribution is -2.11. The van der Waals surface area contributed by atoms with E-state index in [0.717, 1.165) is 11.3 Å². The van der Waals surface area contributed by atoms with E-state index in [0.29, 0.717) is 21.7 Å². The Labute approximate surface area is 109 Å². The highest BCUT2D eigenvalue weighted by atomic mass is 32.1. The maximum absolute atomic E-state index is 11.9. The van der Waals surface area contributed by atoms with Gasteiger partial charge in [-0.05, 0) is 23.6 Å². The molecule has 18 heavy (non-hydrogen) atoms. The third-order valence-corrected chi connectivity index (χ3v) is 3.17. The predicted octanol–water partition coefficient (Wildman–Crippen LogP) is 2.50. The van der Waals surface area contributed by atoms with Crippen molar-refractivity contribution in [3.8, 4) is 0 Å². The Morgan fingerprint density at radius 3 is 2.44 bits per heavy atom. The van der Waals surface area contributed by atoms with Crippen LogP contribution in [0.5, 0.6) is 0 Å². The van der Waals surface area contributed by atoms with Gasteiger partial charge in [0.2, 0.25) is 10.3 Å². The monoisotopic (exact) mass is 262 g/mol. The molecule has 94 valence electrons. The Morgan fingerprint density at radius 2 is 1.94 bits per heavy atom. The van der Waals surface area contributed by atoms with Crippen LogP contribution in [0.15, 0.2) is 24.3 Å². The molecule has 0 saturated carbocycles. The molecule has 1 heterocycles. The smallest absolute Gasteiger partial charge is 0.257 e. The van der Waals surface area contributed by atoms with Crippen LogP contribution in [0, 0.1) is 0 Å².